The molecule has 0 aliphatic rings. The molecule has 0 saturated carbocycles. The zero-order valence-corrected chi connectivity index (χ0v) is 23.3. The van der Waals surface area contributed by atoms with Crippen molar-refractivity contribution in [1.82, 2.24) is 14.5 Å². The van der Waals surface area contributed by atoms with E-state index in [4.69, 9.17) is 15.6 Å². The number of halogens is 10. The Hall–Kier alpha value is -5.10. The molecule has 46 heavy (non-hydrogen) atoms. The van der Waals surface area contributed by atoms with Gasteiger partial charge < -0.3 is 26.0 Å². The molecule has 0 unspecified atom stereocenters. The number of nitrogens with one attached hydrogen (secondary N) is 2. The lowest BCUT2D eigenvalue weighted by molar-refractivity contribution is -0.359. The van der Waals surface area contributed by atoms with Crippen LogP contribution in [0.5, 0.6) is 0 Å². The van der Waals surface area contributed by atoms with Crippen LogP contribution in [-0.4, -0.2) is 49.9 Å². The number of fused-ring (bicyclic) bond motifs is 1. The Labute approximate surface area is 252 Å². The highest BCUT2D eigenvalue weighted by Gasteiger charge is 2.73. The lowest BCUT2D eigenvalue weighted by Crippen LogP contribution is -2.50. The molecule has 0 spiro atoms. The van der Waals surface area contributed by atoms with Gasteiger partial charge in [0.05, 0.1) is 5.39 Å². The summed E-state index contributed by atoms with van der Waals surface area (Å²) in [6, 6.07) is 8.26. The summed E-state index contributed by atoms with van der Waals surface area (Å²) in [5, 5.41) is 12.6. The predicted molar refractivity (Wildman–Crippen MR) is 145 cm³/mol. The van der Waals surface area contributed by atoms with E-state index in [1.807, 2.05) is 24.6 Å². The van der Waals surface area contributed by atoms with E-state index >= 15 is 0 Å². The minimum atomic E-state index is -6.45. The normalized spacial score (nSPS) is 12.5. The number of carbonyl (C=O) groups is 2. The second-order valence-corrected chi connectivity index (χ2v) is 9.68. The van der Waals surface area contributed by atoms with Crippen LogP contribution in [0, 0.1) is 0 Å². The first-order chi connectivity index (χ1) is 21.1. The highest BCUT2D eigenvalue weighted by atomic mass is 19.4. The van der Waals surface area contributed by atoms with Crippen molar-refractivity contribution in [3.63, 3.8) is 0 Å². The van der Waals surface area contributed by atoms with E-state index in [1.54, 1.807) is 24.3 Å². The van der Waals surface area contributed by atoms with Gasteiger partial charge in [-0.25, -0.2) is 19.6 Å². The molecule has 0 aliphatic heterocycles. The minimum Gasteiger partial charge on any atom is -0.475 e. The number of aromatic nitrogens is 3. The maximum Gasteiger partial charge on any atom is 0.490 e. The van der Waals surface area contributed by atoms with Crippen LogP contribution in [0.15, 0.2) is 61.1 Å². The molecule has 0 bridgehead atoms. The smallest absolute Gasteiger partial charge is 0.475 e. The fraction of sp³-hybridized carbons (Fsp3) is 0.259. The van der Waals surface area contributed by atoms with Crippen molar-refractivity contribution in [1.29, 1.82) is 0 Å². The number of nitrogens with two attached hydrogens (primary N) is 1. The van der Waals surface area contributed by atoms with Gasteiger partial charge >= 0.3 is 36.2 Å². The number of carboxylic acids is 1. The monoisotopic (exact) mass is 668 g/mol. The number of rotatable bonds is 6. The summed E-state index contributed by atoms with van der Waals surface area (Å²) >= 11 is 0. The van der Waals surface area contributed by atoms with Gasteiger partial charge in [0.2, 0.25) is 0 Å². The first kappa shape index (κ1) is 35.4. The number of anilines is 3. The van der Waals surface area contributed by atoms with Crippen molar-refractivity contribution in [2.24, 2.45) is 0 Å². The first-order valence-electron chi connectivity index (χ1n) is 12.6. The van der Waals surface area contributed by atoms with Crippen LogP contribution in [0.4, 0.5) is 65.9 Å². The van der Waals surface area contributed by atoms with Crippen LogP contribution in [-0.2, 0) is 10.7 Å². The lowest BCUT2D eigenvalue weighted by Gasteiger charge is -2.28. The van der Waals surface area contributed by atoms with Crippen LogP contribution in [0.2, 0.25) is 0 Å². The Morgan fingerprint density at radius 1 is 0.826 bits per heavy atom. The third kappa shape index (κ3) is 7.40. The van der Waals surface area contributed by atoms with Gasteiger partial charge in [0.25, 0.3) is 0 Å². The standard InChI is InChI=1S/C25H21F7N6O.C2HF3O2/c1-13(2)38-11-18(19-20(33)34-12-35-21(19)38)14-3-7-16(8-4-14)36-22(39)37-17-9-5-15(6-10-17)23(26,27)24(28,29)25(30,31)32;3-2(4,5)1(6)7/h3-13H,1-2H3,(H2,33,34,35)(H2,36,37,39);(H,6,7). The minimum absolute atomic E-state index is 0.0987. The maximum atomic E-state index is 13.8. The number of urea groups is 1. The largest absolute Gasteiger partial charge is 0.490 e. The summed E-state index contributed by atoms with van der Waals surface area (Å²) in [5.74, 6) is -14.2. The van der Waals surface area contributed by atoms with E-state index in [9.17, 15) is 48.7 Å². The van der Waals surface area contributed by atoms with Crippen molar-refractivity contribution in [3.05, 3.63) is 66.6 Å². The molecule has 0 radical (unpaired) electrons. The maximum absolute atomic E-state index is 13.8. The van der Waals surface area contributed by atoms with Crippen molar-refractivity contribution in [3.8, 4) is 11.1 Å². The Morgan fingerprint density at radius 3 is 1.74 bits per heavy atom. The molecule has 4 rings (SSSR count). The Balaban J connectivity index is 0.000000738. The molecule has 0 atom stereocenters. The zero-order chi connectivity index (χ0) is 34.8. The summed E-state index contributed by atoms with van der Waals surface area (Å²) in [6.45, 7) is 3.98. The fourth-order valence-electron chi connectivity index (χ4n) is 3.87. The van der Waals surface area contributed by atoms with E-state index in [0.29, 0.717) is 34.7 Å². The van der Waals surface area contributed by atoms with Crippen LogP contribution in [0.1, 0.15) is 25.5 Å². The van der Waals surface area contributed by atoms with E-state index < -0.39 is 41.8 Å². The second kappa shape index (κ2) is 12.7. The van der Waals surface area contributed by atoms with Crippen molar-refractivity contribution >= 4 is 40.2 Å². The number of benzene rings is 2. The molecule has 0 saturated heterocycles. The SMILES string of the molecule is CC(C)n1cc(-c2ccc(NC(=O)Nc3ccc(C(F)(F)C(F)(F)C(F)(F)F)cc3)cc2)c2c(N)ncnc21.O=C(O)C(F)(F)F. The number of hydrogen-bond acceptors (Lipinski definition) is 5. The Bertz CT molecular complexity index is 1700. The van der Waals surface area contributed by atoms with Crippen LogP contribution >= 0.6 is 0 Å². The number of carboxylic acid groups (broad SMARTS) is 1. The molecule has 9 nitrogen and oxygen atoms in total. The molecule has 5 N–H and O–H groups in total. The molecule has 19 heteroatoms. The van der Waals surface area contributed by atoms with Gasteiger partial charge in [-0.05, 0) is 43.7 Å². The van der Waals surface area contributed by atoms with Crippen molar-refractivity contribution in [2.45, 2.75) is 44.1 Å². The number of alkyl halides is 10. The van der Waals surface area contributed by atoms with Crippen molar-refractivity contribution < 1.29 is 58.6 Å². The number of nitrogen functional groups attached to an aromatic ring is 1. The van der Waals surface area contributed by atoms with Gasteiger partial charge in [-0.3, -0.25) is 0 Å². The predicted octanol–water partition coefficient (Wildman–Crippen LogP) is 7.83. The van der Waals surface area contributed by atoms with Crippen LogP contribution in [0.25, 0.3) is 22.2 Å². The zero-order valence-electron chi connectivity index (χ0n) is 23.3. The second-order valence-electron chi connectivity index (χ2n) is 9.68. The molecule has 248 valence electrons. The third-order valence-corrected chi connectivity index (χ3v) is 6.15. The first-order valence-corrected chi connectivity index (χ1v) is 12.6. The molecule has 0 fully saturated rings. The molecular weight excluding hydrogens is 646 g/mol. The lowest BCUT2D eigenvalue weighted by atomic mass is 10.0. The van der Waals surface area contributed by atoms with E-state index in [1.165, 1.54) is 6.33 Å². The van der Waals surface area contributed by atoms with Gasteiger partial charge in [0.15, 0.2) is 0 Å². The average Bonchev–Trinajstić information content (AvgIpc) is 3.34. The average molecular weight is 668 g/mol. The number of carbonyl (C=O) groups excluding carboxylic acids is 1. The Morgan fingerprint density at radius 2 is 1.30 bits per heavy atom. The van der Waals surface area contributed by atoms with E-state index in [0.717, 1.165) is 23.3 Å². The van der Waals surface area contributed by atoms with Gasteiger partial charge in [-0.15, -0.1) is 0 Å². The number of hydrogen-bond donors (Lipinski definition) is 4. The third-order valence-electron chi connectivity index (χ3n) is 6.15. The molecule has 2 aromatic carbocycles. The number of nitrogens with zero attached hydrogens (tertiary/aromatic N) is 3. The van der Waals surface area contributed by atoms with E-state index in [-0.39, 0.29) is 11.7 Å². The topological polar surface area (TPSA) is 135 Å². The summed E-state index contributed by atoms with van der Waals surface area (Å²) in [4.78, 5) is 29.6. The number of amides is 2. The fourth-order valence-corrected chi connectivity index (χ4v) is 3.87. The van der Waals surface area contributed by atoms with Gasteiger partial charge in [-0.1, -0.05) is 24.3 Å². The summed E-state index contributed by atoms with van der Waals surface area (Å²) in [6.07, 6.45) is -8.26. The highest BCUT2D eigenvalue weighted by molar-refractivity contribution is 6.02. The molecule has 2 aromatic heterocycles. The number of aliphatic carboxylic acids is 1. The van der Waals surface area contributed by atoms with E-state index in [2.05, 4.69) is 20.6 Å². The molecule has 4 aromatic rings. The van der Waals surface area contributed by atoms with Gasteiger partial charge in [-0.2, -0.15) is 43.9 Å². The molecule has 2 amide bonds. The summed E-state index contributed by atoms with van der Waals surface area (Å²) in [7, 11) is 0. The highest BCUT2D eigenvalue weighted by Crippen LogP contribution is 2.51. The molecule has 0 aliphatic carbocycles. The summed E-state index contributed by atoms with van der Waals surface area (Å²) < 4.78 is 125. The van der Waals surface area contributed by atoms with Gasteiger partial charge in [0.1, 0.15) is 17.8 Å². The van der Waals surface area contributed by atoms with Crippen LogP contribution in [0.3, 0.4) is 0 Å². The molecule has 2 heterocycles. The van der Waals surface area contributed by atoms with Crippen LogP contribution < -0.4 is 16.4 Å². The van der Waals surface area contributed by atoms with Gasteiger partial charge in [0, 0.05) is 34.7 Å². The van der Waals surface area contributed by atoms with Crippen molar-refractivity contribution in [2.75, 3.05) is 16.4 Å². The molecular formula is C27H22F10N6O3. The summed E-state index contributed by atoms with van der Waals surface area (Å²) in [5.41, 5.74) is 6.97. The Kier molecular flexibility index (Phi) is 9.78. The quantitative estimate of drug-likeness (QED) is 0.155.